The maximum absolute atomic E-state index is 3.12. The molecule has 6 aromatic rings. The van der Waals surface area contributed by atoms with Crippen molar-refractivity contribution in [1.82, 2.24) is 15.0 Å². The number of hydrogen-bond donors (Lipinski definition) is 3. The van der Waals surface area contributed by atoms with Crippen LogP contribution in [0.1, 0.15) is 0 Å². The largest absolute Gasteiger partial charge is 0.361 e. The van der Waals surface area contributed by atoms with Crippen molar-refractivity contribution in [3.05, 3.63) is 110 Å². The molecule has 0 atom stereocenters. The molecule has 27 heavy (non-hydrogen) atoms. The van der Waals surface area contributed by atoms with E-state index in [1.54, 1.807) is 0 Å². The minimum absolute atomic E-state index is 1.21. The summed E-state index contributed by atoms with van der Waals surface area (Å²) < 4.78 is 0. The zero-order valence-corrected chi connectivity index (χ0v) is 14.9. The average Bonchev–Trinajstić information content (AvgIpc) is 3.48. The summed E-state index contributed by atoms with van der Waals surface area (Å²) in [5, 5.41) is 3.83. The van der Waals surface area contributed by atoms with E-state index in [9.17, 15) is 0 Å². The molecule has 3 aromatic carbocycles. The van der Waals surface area contributed by atoms with Gasteiger partial charge in [0.2, 0.25) is 0 Å². The van der Waals surface area contributed by atoms with Crippen LogP contribution in [-0.2, 0) is 0 Å². The summed E-state index contributed by atoms with van der Waals surface area (Å²) in [4.78, 5) is 9.36. The molecule has 0 saturated heterocycles. The third-order valence-corrected chi connectivity index (χ3v) is 4.39. The summed E-state index contributed by atoms with van der Waals surface area (Å²) in [6.07, 6.45) is 5.85. The van der Waals surface area contributed by atoms with Gasteiger partial charge in [0.05, 0.1) is 0 Å². The van der Waals surface area contributed by atoms with Gasteiger partial charge in [0.1, 0.15) is 0 Å². The molecule has 0 aliphatic rings. The van der Waals surface area contributed by atoms with Crippen LogP contribution in [0.5, 0.6) is 0 Å². The second kappa shape index (κ2) is 8.11. The summed E-state index contributed by atoms with van der Waals surface area (Å²) >= 11 is 0. The van der Waals surface area contributed by atoms with Gasteiger partial charge in [0, 0.05) is 35.1 Å². The molecule has 3 aromatic heterocycles. The summed E-state index contributed by atoms with van der Waals surface area (Å²) in [7, 11) is 0. The van der Waals surface area contributed by atoms with Crippen LogP contribution in [0.15, 0.2) is 110 Å². The fraction of sp³-hybridized carbons (Fsp3) is 0. The van der Waals surface area contributed by atoms with Crippen LogP contribution in [0.3, 0.4) is 0 Å². The smallest absolute Gasteiger partial charge is 0.0453 e. The Morgan fingerprint density at radius 3 is 0.926 bits per heavy atom. The molecular formula is C24H21N3. The van der Waals surface area contributed by atoms with Crippen LogP contribution in [0.2, 0.25) is 0 Å². The van der Waals surface area contributed by atoms with E-state index in [4.69, 9.17) is 0 Å². The highest BCUT2D eigenvalue weighted by Crippen LogP contribution is 2.10. The average molecular weight is 351 g/mol. The first-order valence-electron chi connectivity index (χ1n) is 8.96. The maximum atomic E-state index is 3.12. The van der Waals surface area contributed by atoms with E-state index in [-0.39, 0.29) is 0 Å². The minimum Gasteiger partial charge on any atom is -0.361 e. The molecule has 0 bridgehead atoms. The predicted molar refractivity (Wildman–Crippen MR) is 115 cm³/mol. The number of rotatable bonds is 0. The van der Waals surface area contributed by atoms with Gasteiger partial charge in [-0.2, -0.15) is 0 Å². The molecule has 0 unspecified atom stereocenters. The van der Waals surface area contributed by atoms with Gasteiger partial charge in [-0.25, -0.2) is 0 Å². The lowest BCUT2D eigenvalue weighted by molar-refractivity contribution is 1.48. The van der Waals surface area contributed by atoms with E-state index in [1.807, 2.05) is 55.0 Å². The first-order chi connectivity index (χ1) is 13.4. The van der Waals surface area contributed by atoms with Crippen molar-refractivity contribution in [3.8, 4) is 0 Å². The van der Waals surface area contributed by atoms with Gasteiger partial charge >= 0.3 is 0 Å². The zero-order chi connectivity index (χ0) is 18.3. The molecule has 6 rings (SSSR count). The second-order valence-electron chi connectivity index (χ2n) is 6.19. The monoisotopic (exact) mass is 351 g/mol. The van der Waals surface area contributed by atoms with Crippen molar-refractivity contribution in [2.45, 2.75) is 0 Å². The Labute approximate surface area is 157 Å². The molecule has 0 saturated carbocycles. The normalized spacial score (nSPS) is 10.2. The Morgan fingerprint density at radius 1 is 0.333 bits per heavy atom. The predicted octanol–water partition coefficient (Wildman–Crippen LogP) is 6.50. The minimum atomic E-state index is 1.21. The lowest BCUT2D eigenvalue weighted by atomic mass is 10.3. The van der Waals surface area contributed by atoms with Crippen molar-refractivity contribution >= 4 is 32.7 Å². The van der Waals surface area contributed by atoms with Gasteiger partial charge in [-0.05, 0) is 52.6 Å². The lowest BCUT2D eigenvalue weighted by Crippen LogP contribution is -1.61. The van der Waals surface area contributed by atoms with Crippen LogP contribution >= 0.6 is 0 Å². The summed E-state index contributed by atoms with van der Waals surface area (Å²) in [6, 6.07) is 30.8. The fourth-order valence-electron chi connectivity index (χ4n) is 2.99. The molecular weight excluding hydrogens is 330 g/mol. The fourth-order valence-corrected chi connectivity index (χ4v) is 2.99. The molecule has 0 spiro atoms. The third-order valence-electron chi connectivity index (χ3n) is 4.39. The number of nitrogens with one attached hydrogen (secondary N) is 3. The Bertz CT molecular complexity index is 993. The van der Waals surface area contributed by atoms with Gasteiger partial charge in [-0.1, -0.05) is 54.6 Å². The molecule has 3 nitrogen and oxygen atoms in total. The van der Waals surface area contributed by atoms with Crippen molar-refractivity contribution in [2.75, 3.05) is 0 Å². The van der Waals surface area contributed by atoms with Gasteiger partial charge in [0.25, 0.3) is 0 Å². The van der Waals surface area contributed by atoms with Gasteiger partial charge < -0.3 is 15.0 Å². The number of hydrogen-bond acceptors (Lipinski definition) is 0. The zero-order valence-electron chi connectivity index (χ0n) is 14.9. The molecule has 0 aliphatic heterocycles. The number of fused-ring (bicyclic) bond motifs is 3. The maximum Gasteiger partial charge on any atom is 0.0453 e. The lowest BCUT2D eigenvalue weighted by Gasteiger charge is -1.83. The standard InChI is InChI=1S/3C8H7N/c3*1-2-4-8-7(3-1)5-6-9-8/h3*1-6,9H. The Kier molecular flexibility index (Phi) is 5.02. The Morgan fingerprint density at radius 2 is 0.630 bits per heavy atom. The van der Waals surface area contributed by atoms with Gasteiger partial charge in [0.15, 0.2) is 0 Å². The van der Waals surface area contributed by atoms with E-state index in [2.05, 4.69) is 69.5 Å². The van der Waals surface area contributed by atoms with Crippen molar-refractivity contribution in [2.24, 2.45) is 0 Å². The number of aromatic amines is 3. The van der Waals surface area contributed by atoms with Crippen molar-refractivity contribution in [3.63, 3.8) is 0 Å². The van der Waals surface area contributed by atoms with Crippen LogP contribution in [-0.4, -0.2) is 15.0 Å². The van der Waals surface area contributed by atoms with Gasteiger partial charge in [-0.15, -0.1) is 0 Å². The Balaban J connectivity index is 0.0000001000. The Hall–Kier alpha value is -3.72. The highest BCUT2D eigenvalue weighted by molar-refractivity contribution is 5.80. The van der Waals surface area contributed by atoms with E-state index in [1.165, 1.54) is 32.7 Å². The number of aromatic nitrogens is 3. The molecule has 0 aliphatic carbocycles. The molecule has 0 fully saturated rings. The first kappa shape index (κ1) is 16.7. The quantitative estimate of drug-likeness (QED) is 0.280. The number of para-hydroxylation sites is 3. The van der Waals surface area contributed by atoms with E-state index >= 15 is 0 Å². The van der Waals surface area contributed by atoms with Gasteiger partial charge in [-0.3, -0.25) is 0 Å². The SMILES string of the molecule is c1ccc2[nH]ccc2c1.c1ccc2[nH]ccc2c1.c1ccc2[nH]ccc2c1. The molecule has 132 valence electrons. The summed E-state index contributed by atoms with van der Waals surface area (Å²) in [6.45, 7) is 0. The third kappa shape index (κ3) is 4.10. The second-order valence-corrected chi connectivity index (χ2v) is 6.19. The molecule has 3 heteroatoms. The molecule has 0 radical (unpaired) electrons. The van der Waals surface area contributed by atoms with Crippen LogP contribution < -0.4 is 0 Å². The van der Waals surface area contributed by atoms with Crippen LogP contribution in [0.4, 0.5) is 0 Å². The highest BCUT2D eigenvalue weighted by atomic mass is 14.7. The van der Waals surface area contributed by atoms with E-state index < -0.39 is 0 Å². The number of benzene rings is 3. The topological polar surface area (TPSA) is 47.4 Å². The van der Waals surface area contributed by atoms with E-state index in [0.717, 1.165) is 0 Å². The summed E-state index contributed by atoms with van der Waals surface area (Å²) in [5.41, 5.74) is 3.62. The van der Waals surface area contributed by atoms with Crippen LogP contribution in [0, 0.1) is 0 Å². The summed E-state index contributed by atoms with van der Waals surface area (Å²) in [5.74, 6) is 0. The van der Waals surface area contributed by atoms with Crippen molar-refractivity contribution in [1.29, 1.82) is 0 Å². The van der Waals surface area contributed by atoms with E-state index in [0.29, 0.717) is 0 Å². The van der Waals surface area contributed by atoms with Crippen molar-refractivity contribution < 1.29 is 0 Å². The van der Waals surface area contributed by atoms with Crippen LogP contribution in [0.25, 0.3) is 32.7 Å². The molecule has 3 N–H and O–H groups in total. The number of H-pyrrole nitrogens is 3. The molecule has 0 amide bonds. The highest BCUT2D eigenvalue weighted by Gasteiger charge is 1.88. The molecule has 3 heterocycles. The first-order valence-corrected chi connectivity index (χ1v) is 8.96.